The van der Waals surface area contributed by atoms with Gasteiger partial charge < -0.3 is 9.32 Å². The normalized spacial score (nSPS) is 15.7. The van der Waals surface area contributed by atoms with Crippen molar-refractivity contribution in [2.45, 2.75) is 12.6 Å². The van der Waals surface area contributed by atoms with Crippen LogP contribution in [-0.2, 0) is 6.54 Å². The van der Waals surface area contributed by atoms with Gasteiger partial charge >= 0.3 is 0 Å². The molecule has 132 valence electrons. The summed E-state index contributed by atoms with van der Waals surface area (Å²) in [5.41, 5.74) is 4.28. The molecule has 8 heteroatoms. The number of oxazole rings is 1. The van der Waals surface area contributed by atoms with Gasteiger partial charge in [-0.3, -0.25) is 14.9 Å². The molecule has 0 saturated heterocycles. The van der Waals surface area contributed by atoms with Crippen molar-refractivity contribution in [3.63, 3.8) is 0 Å². The van der Waals surface area contributed by atoms with Gasteiger partial charge in [0.2, 0.25) is 0 Å². The second-order valence-electron chi connectivity index (χ2n) is 6.21. The van der Waals surface area contributed by atoms with Crippen LogP contribution < -0.4 is 0 Å². The van der Waals surface area contributed by atoms with Crippen molar-refractivity contribution in [3.05, 3.63) is 84.2 Å². The zero-order chi connectivity index (χ0) is 18.2. The summed E-state index contributed by atoms with van der Waals surface area (Å²) in [4.78, 5) is 27.0. The Kier molecular flexibility index (Phi) is 3.53. The first-order chi connectivity index (χ1) is 13.3. The highest BCUT2D eigenvalue weighted by Gasteiger charge is 2.37. The van der Waals surface area contributed by atoms with Gasteiger partial charge in [0.25, 0.3) is 5.91 Å². The van der Waals surface area contributed by atoms with Crippen molar-refractivity contribution in [1.82, 2.24) is 30.0 Å². The topological polar surface area (TPSA) is 101 Å². The number of rotatable bonds is 3. The molecule has 1 aliphatic heterocycles. The highest BCUT2D eigenvalue weighted by molar-refractivity contribution is 5.93. The summed E-state index contributed by atoms with van der Waals surface area (Å²) in [5, 5.41) is 6.97. The Labute approximate surface area is 153 Å². The van der Waals surface area contributed by atoms with Crippen LogP contribution in [0.15, 0.2) is 66.1 Å². The average molecular weight is 358 g/mol. The molecule has 1 atom stereocenters. The van der Waals surface area contributed by atoms with E-state index in [1.165, 1.54) is 18.8 Å². The summed E-state index contributed by atoms with van der Waals surface area (Å²) in [6.45, 7) is 0.443. The molecule has 1 N–H and O–H groups in total. The fraction of sp³-hybridized carbons (Fsp3) is 0.105. The van der Waals surface area contributed by atoms with Gasteiger partial charge in [-0.05, 0) is 28.8 Å². The lowest BCUT2D eigenvalue weighted by Crippen LogP contribution is -2.30. The molecule has 5 rings (SSSR count). The molecule has 1 amide bonds. The molecule has 0 aliphatic carbocycles. The minimum atomic E-state index is -0.354. The lowest BCUT2D eigenvalue weighted by Gasteiger charge is -2.22. The number of nitrogens with zero attached hydrogens (tertiary/aromatic N) is 5. The summed E-state index contributed by atoms with van der Waals surface area (Å²) < 4.78 is 5.54. The first kappa shape index (κ1) is 15.4. The van der Waals surface area contributed by atoms with Gasteiger partial charge in [-0.2, -0.15) is 5.10 Å². The molecule has 0 spiro atoms. The molecule has 0 unspecified atom stereocenters. The van der Waals surface area contributed by atoms with E-state index in [1.807, 2.05) is 18.2 Å². The Balaban J connectivity index is 1.58. The van der Waals surface area contributed by atoms with Gasteiger partial charge in [-0.15, -0.1) is 0 Å². The SMILES string of the molecule is O=C(c1cnccn1)N1Cc2cc(-c3ccn[nH]3)ccc2[C@@H]1c1cnco1. The highest BCUT2D eigenvalue weighted by Crippen LogP contribution is 2.40. The molecule has 1 aromatic carbocycles. The van der Waals surface area contributed by atoms with Crippen molar-refractivity contribution in [1.29, 1.82) is 0 Å². The number of aromatic nitrogens is 5. The number of H-pyrrole nitrogens is 1. The second-order valence-corrected chi connectivity index (χ2v) is 6.21. The molecule has 1 aliphatic rings. The summed E-state index contributed by atoms with van der Waals surface area (Å²) in [7, 11) is 0. The Morgan fingerprint density at radius 2 is 2.11 bits per heavy atom. The lowest BCUT2D eigenvalue weighted by molar-refractivity contribution is 0.0697. The second kappa shape index (κ2) is 6.17. The standard InChI is InChI=1S/C19H14N6O2/c26-19(16-8-20-5-6-22-16)25-10-13-7-12(15-3-4-23-24-15)1-2-14(13)18(25)17-9-21-11-27-17/h1-9,11,18H,10H2,(H,23,24)/t18-/m1/s1. The third-order valence-electron chi connectivity index (χ3n) is 4.67. The van der Waals surface area contributed by atoms with Gasteiger partial charge in [0.1, 0.15) is 11.7 Å². The predicted octanol–water partition coefficient (Wildman–Crippen LogP) is 2.60. The van der Waals surface area contributed by atoms with Crippen LogP contribution in [-0.4, -0.2) is 36.0 Å². The van der Waals surface area contributed by atoms with E-state index in [0.29, 0.717) is 18.0 Å². The van der Waals surface area contributed by atoms with E-state index in [2.05, 4.69) is 31.2 Å². The Morgan fingerprint density at radius 1 is 1.15 bits per heavy atom. The van der Waals surface area contributed by atoms with E-state index in [1.54, 1.807) is 23.5 Å². The Morgan fingerprint density at radius 3 is 2.85 bits per heavy atom. The molecule has 0 radical (unpaired) electrons. The third-order valence-corrected chi connectivity index (χ3v) is 4.67. The van der Waals surface area contributed by atoms with Gasteiger partial charge in [-0.25, -0.2) is 9.97 Å². The predicted molar refractivity (Wildman–Crippen MR) is 94.3 cm³/mol. The number of benzene rings is 1. The summed E-state index contributed by atoms with van der Waals surface area (Å²) in [6, 6.07) is 7.64. The molecule has 3 aromatic heterocycles. The molecule has 8 nitrogen and oxygen atoms in total. The van der Waals surface area contributed by atoms with E-state index >= 15 is 0 Å². The minimum Gasteiger partial charge on any atom is -0.446 e. The maximum absolute atomic E-state index is 13.1. The summed E-state index contributed by atoms with van der Waals surface area (Å²) in [6.07, 6.45) is 9.25. The van der Waals surface area contributed by atoms with E-state index in [9.17, 15) is 4.79 Å². The van der Waals surface area contributed by atoms with Crippen LogP contribution in [0.3, 0.4) is 0 Å². The van der Waals surface area contributed by atoms with Crippen molar-refractivity contribution < 1.29 is 9.21 Å². The monoisotopic (exact) mass is 358 g/mol. The van der Waals surface area contributed by atoms with Crippen LogP contribution in [0.2, 0.25) is 0 Å². The van der Waals surface area contributed by atoms with Crippen molar-refractivity contribution in [2.24, 2.45) is 0 Å². The number of aromatic amines is 1. The lowest BCUT2D eigenvalue weighted by atomic mass is 9.99. The van der Waals surface area contributed by atoms with Gasteiger partial charge in [-0.1, -0.05) is 12.1 Å². The number of fused-ring (bicyclic) bond motifs is 1. The van der Waals surface area contributed by atoms with Crippen LogP contribution in [0.1, 0.15) is 33.4 Å². The Hall–Kier alpha value is -3.81. The number of carbonyl (C=O) groups is 1. The summed E-state index contributed by atoms with van der Waals surface area (Å²) in [5.74, 6) is 0.407. The maximum atomic E-state index is 13.1. The first-order valence-corrected chi connectivity index (χ1v) is 8.39. The van der Waals surface area contributed by atoms with Gasteiger partial charge in [0.15, 0.2) is 12.2 Å². The Bertz CT molecular complexity index is 1080. The van der Waals surface area contributed by atoms with E-state index in [0.717, 1.165) is 22.4 Å². The molecular formula is C19H14N6O2. The third kappa shape index (κ3) is 2.58. The van der Waals surface area contributed by atoms with Crippen molar-refractivity contribution in [3.8, 4) is 11.3 Å². The number of hydrogen-bond donors (Lipinski definition) is 1. The number of carbonyl (C=O) groups excluding carboxylic acids is 1. The largest absolute Gasteiger partial charge is 0.446 e. The number of nitrogens with one attached hydrogen (secondary N) is 1. The molecule has 27 heavy (non-hydrogen) atoms. The van der Waals surface area contributed by atoms with E-state index in [4.69, 9.17) is 4.42 Å². The fourth-order valence-electron chi connectivity index (χ4n) is 3.45. The zero-order valence-electron chi connectivity index (χ0n) is 14.1. The molecule has 0 saturated carbocycles. The fourth-order valence-corrected chi connectivity index (χ4v) is 3.45. The highest BCUT2D eigenvalue weighted by atomic mass is 16.3. The van der Waals surface area contributed by atoms with Crippen LogP contribution in [0.25, 0.3) is 11.3 Å². The van der Waals surface area contributed by atoms with Crippen LogP contribution in [0.5, 0.6) is 0 Å². The smallest absolute Gasteiger partial charge is 0.275 e. The van der Waals surface area contributed by atoms with Crippen LogP contribution >= 0.6 is 0 Å². The summed E-state index contributed by atoms with van der Waals surface area (Å²) >= 11 is 0. The van der Waals surface area contributed by atoms with Crippen molar-refractivity contribution in [2.75, 3.05) is 0 Å². The number of hydrogen-bond acceptors (Lipinski definition) is 6. The quantitative estimate of drug-likeness (QED) is 0.604. The van der Waals surface area contributed by atoms with Crippen LogP contribution in [0.4, 0.5) is 0 Å². The van der Waals surface area contributed by atoms with E-state index in [-0.39, 0.29) is 11.9 Å². The first-order valence-electron chi connectivity index (χ1n) is 8.39. The van der Waals surface area contributed by atoms with Crippen LogP contribution in [0, 0.1) is 0 Å². The van der Waals surface area contributed by atoms with Gasteiger partial charge in [0, 0.05) is 25.1 Å². The molecular weight excluding hydrogens is 344 g/mol. The van der Waals surface area contributed by atoms with Gasteiger partial charge in [0.05, 0.1) is 18.1 Å². The maximum Gasteiger partial charge on any atom is 0.275 e. The molecule has 0 bridgehead atoms. The minimum absolute atomic E-state index is 0.205. The average Bonchev–Trinajstić information content (AvgIpc) is 3.47. The van der Waals surface area contributed by atoms with E-state index < -0.39 is 0 Å². The zero-order valence-corrected chi connectivity index (χ0v) is 14.1. The molecule has 4 heterocycles. The number of amides is 1. The molecule has 0 fully saturated rings. The molecule has 4 aromatic rings. The van der Waals surface area contributed by atoms with Crippen molar-refractivity contribution >= 4 is 5.91 Å².